The predicted molar refractivity (Wildman–Crippen MR) is 57.9 cm³/mol. The summed E-state index contributed by atoms with van der Waals surface area (Å²) in [5.74, 6) is 2.52. The molecular weight excluding hydrogens is 438 g/mol. The van der Waals surface area contributed by atoms with Crippen LogP contribution in [-0.4, -0.2) is 11.5 Å². The van der Waals surface area contributed by atoms with E-state index in [-0.39, 0.29) is 0 Å². The van der Waals surface area contributed by atoms with Crippen LogP contribution in [0.1, 0.15) is 13.8 Å². The van der Waals surface area contributed by atoms with Gasteiger partial charge in [-0.2, -0.15) is 11.8 Å². The third kappa shape index (κ3) is 67.6. The third-order valence-electron chi connectivity index (χ3n) is 0.408. The third-order valence-corrected chi connectivity index (χ3v) is 1.22. The molecule has 7 heteroatoms. The minimum absolute atomic E-state index is 1.26. The molecule has 0 N–H and O–H groups in total. The second-order valence-corrected chi connectivity index (χ2v) is 49.4. The van der Waals surface area contributed by atoms with Gasteiger partial charge in [0.25, 0.3) is 0 Å². The van der Waals surface area contributed by atoms with Gasteiger partial charge >= 0.3 is 56.4 Å². The Morgan fingerprint density at radius 3 is 1.09 bits per heavy atom. The molecule has 0 aromatic heterocycles. The molecule has 0 rings (SSSR count). The standard InChI is InChI=1S/C4H10S.5ClH.Ta/c1-3-5-4-2;;;;;;/h3-4H2,1-2H3;5*1H;/q;;;;;;+5/p-5. The molecule has 0 aliphatic heterocycles. The summed E-state index contributed by atoms with van der Waals surface area (Å²) >= 11 is 1.96. The van der Waals surface area contributed by atoms with Crippen LogP contribution in [0.5, 0.6) is 0 Å². The summed E-state index contributed by atoms with van der Waals surface area (Å²) in [5.41, 5.74) is 0. The zero-order chi connectivity index (χ0) is 9.57. The number of hydrogen-bond acceptors (Lipinski definition) is 1. The Bertz CT molecular complexity index is 79.4. The maximum atomic E-state index is 5.06. The summed E-state index contributed by atoms with van der Waals surface area (Å²) in [7, 11) is 20.9. The van der Waals surface area contributed by atoms with Crippen LogP contribution in [0, 0.1) is 0 Å². The van der Waals surface area contributed by atoms with E-state index in [1.54, 1.807) is 0 Å². The van der Waals surface area contributed by atoms with E-state index in [4.69, 9.17) is 45.9 Å². The Labute approximate surface area is 92.3 Å². The summed E-state index contributed by atoms with van der Waals surface area (Å²) in [5, 5.41) is 0. The zero-order valence-electron chi connectivity index (χ0n) is 6.16. The van der Waals surface area contributed by atoms with Gasteiger partial charge in [-0.3, -0.25) is 0 Å². The summed E-state index contributed by atoms with van der Waals surface area (Å²) in [6, 6.07) is 0. The van der Waals surface area contributed by atoms with Gasteiger partial charge in [0.1, 0.15) is 0 Å². The Morgan fingerprint density at radius 2 is 1.09 bits per heavy atom. The Balaban J connectivity index is 0. The van der Waals surface area contributed by atoms with Gasteiger partial charge in [-0.1, -0.05) is 13.8 Å². The van der Waals surface area contributed by atoms with Crippen LogP contribution in [-0.2, 0) is 10.4 Å². The van der Waals surface area contributed by atoms with Gasteiger partial charge in [0.15, 0.2) is 0 Å². The van der Waals surface area contributed by atoms with Gasteiger partial charge in [-0.15, -0.1) is 0 Å². The van der Waals surface area contributed by atoms with E-state index in [0.717, 1.165) is 0 Å². The van der Waals surface area contributed by atoms with Gasteiger partial charge in [0, 0.05) is 0 Å². The fraction of sp³-hybridized carbons (Fsp3) is 1.00. The van der Waals surface area contributed by atoms with Crippen LogP contribution >= 0.6 is 57.7 Å². The van der Waals surface area contributed by atoms with Gasteiger partial charge in [-0.05, 0) is 11.5 Å². The topological polar surface area (TPSA) is 0 Å². The van der Waals surface area contributed by atoms with Gasteiger partial charge in [0.2, 0.25) is 0 Å². The van der Waals surface area contributed by atoms with Gasteiger partial charge in [0.05, 0.1) is 0 Å². The first-order valence-electron chi connectivity index (χ1n) is 2.84. The molecule has 0 saturated carbocycles. The molecule has 0 aliphatic rings. The summed E-state index contributed by atoms with van der Waals surface area (Å²) in [6.07, 6.45) is 0. The number of halogens is 5. The van der Waals surface area contributed by atoms with E-state index >= 15 is 0 Å². The molecule has 0 amide bonds. The number of rotatable bonds is 2. The average molecular weight is 448 g/mol. The summed E-state index contributed by atoms with van der Waals surface area (Å²) in [6.45, 7) is 4.35. The van der Waals surface area contributed by atoms with Crippen LogP contribution in [0.4, 0.5) is 0 Å². The van der Waals surface area contributed by atoms with Crippen molar-refractivity contribution in [2.45, 2.75) is 13.8 Å². The van der Waals surface area contributed by atoms with Crippen LogP contribution in [0.15, 0.2) is 0 Å². The quantitative estimate of drug-likeness (QED) is 0.560. The Morgan fingerprint density at radius 1 is 0.909 bits per heavy atom. The summed E-state index contributed by atoms with van der Waals surface area (Å²) in [4.78, 5) is 0. The molecule has 0 atom stereocenters. The molecular formula is C4H10Cl5STa. The van der Waals surface area contributed by atoms with Crippen molar-refractivity contribution in [3.05, 3.63) is 0 Å². The molecule has 11 heavy (non-hydrogen) atoms. The molecule has 0 aromatic rings. The van der Waals surface area contributed by atoms with Gasteiger partial charge < -0.3 is 0 Å². The van der Waals surface area contributed by atoms with E-state index in [0.29, 0.717) is 0 Å². The summed E-state index contributed by atoms with van der Waals surface area (Å²) < 4.78 is 0. The van der Waals surface area contributed by atoms with Crippen LogP contribution in [0.3, 0.4) is 0 Å². The van der Waals surface area contributed by atoms with Crippen molar-refractivity contribution < 1.29 is 10.4 Å². The molecule has 0 aliphatic carbocycles. The van der Waals surface area contributed by atoms with Crippen molar-refractivity contribution in [1.82, 2.24) is 0 Å². The van der Waals surface area contributed by atoms with E-state index < -0.39 is 10.4 Å². The van der Waals surface area contributed by atoms with Crippen molar-refractivity contribution in [2.24, 2.45) is 0 Å². The molecule has 0 aromatic carbocycles. The second kappa shape index (κ2) is 6.92. The second-order valence-electron chi connectivity index (χ2n) is 1.42. The molecule has 0 radical (unpaired) electrons. The molecule has 0 unspecified atom stereocenters. The number of hydrogen-bond donors (Lipinski definition) is 0. The molecule has 0 saturated heterocycles. The fourth-order valence-corrected chi connectivity index (χ4v) is 0.612. The normalized spacial score (nSPS) is 14.3. The van der Waals surface area contributed by atoms with E-state index in [1.165, 1.54) is 11.5 Å². The van der Waals surface area contributed by atoms with Gasteiger partial charge in [-0.25, -0.2) is 0 Å². The van der Waals surface area contributed by atoms with Crippen molar-refractivity contribution in [3.8, 4) is 0 Å². The predicted octanol–water partition coefficient (Wildman–Crippen LogP) is 5.20. The molecule has 0 nitrogen and oxygen atoms in total. The van der Waals surface area contributed by atoms with Crippen LogP contribution in [0.2, 0.25) is 0 Å². The molecule has 0 fully saturated rings. The first-order chi connectivity index (χ1) is 4.65. The van der Waals surface area contributed by atoms with Crippen molar-refractivity contribution in [2.75, 3.05) is 11.5 Å². The van der Waals surface area contributed by atoms with Crippen LogP contribution < -0.4 is 0 Å². The van der Waals surface area contributed by atoms with Crippen molar-refractivity contribution >= 4 is 57.7 Å². The molecule has 72 valence electrons. The van der Waals surface area contributed by atoms with E-state index in [9.17, 15) is 0 Å². The van der Waals surface area contributed by atoms with E-state index in [2.05, 4.69) is 13.8 Å². The number of thioether (sulfide) groups is 1. The SMILES string of the molecule is CCSCC.[Cl][Ta]([Cl])([Cl])([Cl])[Cl]. The van der Waals surface area contributed by atoms with Crippen molar-refractivity contribution in [3.63, 3.8) is 0 Å². The monoisotopic (exact) mass is 446 g/mol. The molecule has 0 spiro atoms. The fourth-order valence-electron chi connectivity index (χ4n) is 0.204. The van der Waals surface area contributed by atoms with E-state index in [1.807, 2.05) is 11.8 Å². The van der Waals surface area contributed by atoms with Crippen molar-refractivity contribution in [1.29, 1.82) is 0 Å². The average Bonchev–Trinajstić information content (AvgIpc) is 1.60. The zero-order valence-corrected chi connectivity index (χ0v) is 14.0. The first kappa shape index (κ1) is 16.0. The van der Waals surface area contributed by atoms with Crippen LogP contribution in [0.25, 0.3) is 0 Å². The first-order valence-corrected chi connectivity index (χ1v) is 23.9. The Hall–Kier alpha value is 2.54. The molecule has 0 heterocycles. The molecule has 0 bridgehead atoms. The maximum absolute atomic E-state index is 5.06. The minimum atomic E-state index is -4.44. The Kier molecular flexibility index (Phi) is 10.1.